The quantitative estimate of drug-likeness (QED) is 0.829. The minimum atomic E-state index is -0.551. The van der Waals surface area contributed by atoms with E-state index in [4.69, 9.17) is 5.11 Å². The third kappa shape index (κ3) is 5.54. The summed E-state index contributed by atoms with van der Waals surface area (Å²) in [5.41, 5.74) is 0.585. The minimum absolute atomic E-state index is 0.0204. The number of nitrogens with zero attached hydrogens (tertiary/aromatic N) is 2. The molecular formula is C16H21FN2O2. The topological polar surface area (TPSA) is 43.8 Å². The first-order valence-corrected chi connectivity index (χ1v) is 6.75. The van der Waals surface area contributed by atoms with Crippen LogP contribution in [0.2, 0.25) is 0 Å². The zero-order valence-electron chi connectivity index (χ0n) is 12.7. The maximum atomic E-state index is 13.8. The second-order valence-electron chi connectivity index (χ2n) is 5.00. The Hall–Kier alpha value is -1.90. The lowest BCUT2D eigenvalue weighted by Crippen LogP contribution is -2.34. The monoisotopic (exact) mass is 292 g/mol. The maximum Gasteiger partial charge on any atom is 0.256 e. The number of aliphatic hydroxyl groups excluding tert-OH is 1. The van der Waals surface area contributed by atoms with Gasteiger partial charge >= 0.3 is 0 Å². The SMILES string of the molecule is CN(C)CCN(C)C(=O)c1cc(C#CCCO)ccc1F. The molecule has 1 aromatic carbocycles. The molecule has 1 rings (SSSR count). The van der Waals surface area contributed by atoms with Crippen molar-refractivity contribution in [3.05, 3.63) is 35.1 Å². The van der Waals surface area contributed by atoms with Gasteiger partial charge in [0, 0.05) is 32.1 Å². The molecule has 0 heterocycles. The van der Waals surface area contributed by atoms with Gasteiger partial charge in [-0.05, 0) is 32.3 Å². The molecule has 0 saturated carbocycles. The van der Waals surface area contributed by atoms with Crippen LogP contribution in [0.5, 0.6) is 0 Å². The molecule has 4 nitrogen and oxygen atoms in total. The van der Waals surface area contributed by atoms with E-state index < -0.39 is 5.82 Å². The molecule has 0 bridgehead atoms. The molecule has 0 aliphatic rings. The molecule has 114 valence electrons. The normalized spacial score (nSPS) is 10.2. The summed E-state index contributed by atoms with van der Waals surface area (Å²) in [6.45, 7) is 1.21. The Morgan fingerprint density at radius 1 is 1.29 bits per heavy atom. The molecule has 0 aliphatic carbocycles. The molecule has 0 aliphatic heterocycles. The zero-order chi connectivity index (χ0) is 15.8. The van der Waals surface area contributed by atoms with Crippen molar-refractivity contribution in [2.24, 2.45) is 0 Å². The van der Waals surface area contributed by atoms with Gasteiger partial charge in [-0.25, -0.2) is 4.39 Å². The van der Waals surface area contributed by atoms with Crippen molar-refractivity contribution < 1.29 is 14.3 Å². The number of carbonyl (C=O) groups is 1. The van der Waals surface area contributed by atoms with Crippen molar-refractivity contribution in [3.63, 3.8) is 0 Å². The molecule has 0 fully saturated rings. The first-order chi connectivity index (χ1) is 9.95. The highest BCUT2D eigenvalue weighted by Gasteiger charge is 2.16. The highest BCUT2D eigenvalue weighted by atomic mass is 19.1. The Morgan fingerprint density at radius 2 is 2.00 bits per heavy atom. The van der Waals surface area contributed by atoms with E-state index in [2.05, 4.69) is 11.8 Å². The predicted molar refractivity (Wildman–Crippen MR) is 80.5 cm³/mol. The van der Waals surface area contributed by atoms with Crippen LogP contribution in [-0.2, 0) is 0 Å². The number of rotatable bonds is 5. The number of hydrogen-bond donors (Lipinski definition) is 1. The van der Waals surface area contributed by atoms with Crippen molar-refractivity contribution >= 4 is 5.91 Å². The van der Waals surface area contributed by atoms with Gasteiger partial charge < -0.3 is 14.9 Å². The van der Waals surface area contributed by atoms with E-state index in [0.717, 1.165) is 0 Å². The second kappa shape index (κ2) is 8.40. The van der Waals surface area contributed by atoms with Crippen molar-refractivity contribution in [3.8, 4) is 11.8 Å². The van der Waals surface area contributed by atoms with E-state index in [1.807, 2.05) is 19.0 Å². The van der Waals surface area contributed by atoms with Crippen molar-refractivity contribution in [1.82, 2.24) is 9.80 Å². The van der Waals surface area contributed by atoms with Crippen LogP contribution in [0.4, 0.5) is 4.39 Å². The lowest BCUT2D eigenvalue weighted by Gasteiger charge is -2.20. The second-order valence-corrected chi connectivity index (χ2v) is 5.00. The van der Waals surface area contributed by atoms with Gasteiger partial charge in [0.2, 0.25) is 0 Å². The molecular weight excluding hydrogens is 271 g/mol. The number of hydrogen-bond acceptors (Lipinski definition) is 3. The number of aliphatic hydroxyl groups is 1. The van der Waals surface area contributed by atoms with E-state index in [1.165, 1.54) is 23.1 Å². The smallest absolute Gasteiger partial charge is 0.256 e. The van der Waals surface area contributed by atoms with E-state index in [1.54, 1.807) is 7.05 Å². The first kappa shape index (κ1) is 17.2. The summed E-state index contributed by atoms with van der Waals surface area (Å²) >= 11 is 0. The van der Waals surface area contributed by atoms with Gasteiger partial charge in [-0.1, -0.05) is 11.8 Å². The van der Waals surface area contributed by atoms with Crippen LogP contribution in [0.25, 0.3) is 0 Å². The summed E-state index contributed by atoms with van der Waals surface area (Å²) in [5, 5.41) is 8.68. The molecule has 0 spiro atoms. The number of carbonyl (C=O) groups excluding carboxylic acids is 1. The Balaban J connectivity index is 2.88. The molecule has 0 saturated heterocycles. The van der Waals surface area contributed by atoms with Crippen LogP contribution in [0.15, 0.2) is 18.2 Å². The fraction of sp³-hybridized carbons (Fsp3) is 0.438. The van der Waals surface area contributed by atoms with Crippen LogP contribution >= 0.6 is 0 Å². The van der Waals surface area contributed by atoms with Gasteiger partial charge in [0.25, 0.3) is 5.91 Å². The number of amides is 1. The Bertz CT molecular complexity index is 547. The average molecular weight is 292 g/mol. The van der Waals surface area contributed by atoms with Crippen LogP contribution in [0.1, 0.15) is 22.3 Å². The Morgan fingerprint density at radius 3 is 2.62 bits per heavy atom. The van der Waals surface area contributed by atoms with E-state index >= 15 is 0 Å². The van der Waals surface area contributed by atoms with Gasteiger partial charge in [-0.3, -0.25) is 4.79 Å². The third-order valence-electron chi connectivity index (χ3n) is 2.90. The highest BCUT2D eigenvalue weighted by molar-refractivity contribution is 5.94. The minimum Gasteiger partial charge on any atom is -0.395 e. The van der Waals surface area contributed by atoms with E-state index in [-0.39, 0.29) is 18.1 Å². The summed E-state index contributed by atoms with van der Waals surface area (Å²) < 4.78 is 13.8. The van der Waals surface area contributed by atoms with Crippen LogP contribution in [0.3, 0.4) is 0 Å². The zero-order valence-corrected chi connectivity index (χ0v) is 12.7. The number of benzene rings is 1. The predicted octanol–water partition coefficient (Wildman–Crippen LogP) is 1.19. The van der Waals surface area contributed by atoms with Crippen molar-refractivity contribution in [2.45, 2.75) is 6.42 Å². The van der Waals surface area contributed by atoms with Gasteiger partial charge in [0.15, 0.2) is 0 Å². The maximum absolute atomic E-state index is 13.8. The molecule has 0 radical (unpaired) electrons. The lowest BCUT2D eigenvalue weighted by molar-refractivity contribution is 0.0781. The standard InChI is InChI=1S/C16H21FN2O2/c1-18(2)9-10-19(3)16(21)14-12-13(6-4-5-11-20)7-8-15(14)17/h7-8,12,20H,5,9-11H2,1-3H3. The highest BCUT2D eigenvalue weighted by Crippen LogP contribution is 2.12. The number of halogens is 1. The van der Waals surface area contributed by atoms with Crippen molar-refractivity contribution in [2.75, 3.05) is 40.8 Å². The summed E-state index contributed by atoms with van der Waals surface area (Å²) in [6, 6.07) is 4.22. The average Bonchev–Trinajstić information content (AvgIpc) is 2.46. The Labute approximate surface area is 125 Å². The van der Waals surface area contributed by atoms with Crippen molar-refractivity contribution in [1.29, 1.82) is 0 Å². The van der Waals surface area contributed by atoms with E-state index in [9.17, 15) is 9.18 Å². The summed E-state index contributed by atoms with van der Waals surface area (Å²) in [4.78, 5) is 15.7. The van der Waals surface area contributed by atoms with Crippen LogP contribution in [0, 0.1) is 17.7 Å². The molecule has 1 aromatic rings. The molecule has 1 amide bonds. The van der Waals surface area contributed by atoms with Crippen LogP contribution < -0.4 is 0 Å². The van der Waals surface area contributed by atoms with Crippen LogP contribution in [-0.4, -0.2) is 61.7 Å². The van der Waals surface area contributed by atoms with Gasteiger partial charge in [-0.15, -0.1) is 0 Å². The molecule has 0 aromatic heterocycles. The first-order valence-electron chi connectivity index (χ1n) is 6.75. The molecule has 21 heavy (non-hydrogen) atoms. The molecule has 1 N–H and O–H groups in total. The molecule has 0 atom stereocenters. The summed E-state index contributed by atoms with van der Waals surface area (Å²) in [6.07, 6.45) is 0.351. The Kier molecular flexibility index (Phi) is 6.86. The molecule has 0 unspecified atom stereocenters. The fourth-order valence-electron chi connectivity index (χ4n) is 1.64. The summed E-state index contributed by atoms with van der Waals surface area (Å²) in [7, 11) is 5.47. The molecule has 5 heteroatoms. The van der Waals surface area contributed by atoms with Gasteiger partial charge in [-0.2, -0.15) is 0 Å². The van der Waals surface area contributed by atoms with E-state index in [0.29, 0.717) is 25.1 Å². The lowest BCUT2D eigenvalue weighted by atomic mass is 10.1. The number of likely N-dealkylation sites (N-methyl/N-ethyl adjacent to an activating group) is 2. The van der Waals surface area contributed by atoms with Gasteiger partial charge in [0.05, 0.1) is 12.2 Å². The third-order valence-corrected chi connectivity index (χ3v) is 2.90. The summed E-state index contributed by atoms with van der Waals surface area (Å²) in [5.74, 6) is 4.64. The van der Waals surface area contributed by atoms with Gasteiger partial charge in [0.1, 0.15) is 5.82 Å². The largest absolute Gasteiger partial charge is 0.395 e. The fourth-order valence-corrected chi connectivity index (χ4v) is 1.64.